The summed E-state index contributed by atoms with van der Waals surface area (Å²) in [6.45, 7) is 1.41. The average Bonchev–Trinajstić information content (AvgIpc) is 2.38. The lowest BCUT2D eigenvalue weighted by molar-refractivity contribution is 0.0764. The van der Waals surface area contributed by atoms with E-state index >= 15 is 0 Å². The van der Waals surface area contributed by atoms with Gasteiger partial charge in [0.1, 0.15) is 5.82 Å². The molecule has 0 aromatic heterocycles. The lowest BCUT2D eigenvalue weighted by atomic mass is 10.1. The molecule has 17 heavy (non-hydrogen) atoms. The van der Waals surface area contributed by atoms with E-state index in [-0.39, 0.29) is 5.56 Å². The van der Waals surface area contributed by atoms with Crippen molar-refractivity contribution in [1.29, 1.82) is 10.5 Å². The van der Waals surface area contributed by atoms with Gasteiger partial charge >= 0.3 is 0 Å². The molecule has 86 valence electrons. The first-order valence-corrected chi connectivity index (χ1v) is 5.20. The van der Waals surface area contributed by atoms with Crippen LogP contribution in [0.5, 0.6) is 0 Å². The Morgan fingerprint density at radius 2 is 2.18 bits per heavy atom. The maximum absolute atomic E-state index is 13.3. The van der Waals surface area contributed by atoms with Gasteiger partial charge in [0.2, 0.25) is 0 Å². The molecule has 1 aliphatic heterocycles. The molecule has 1 aromatic carbocycles. The highest BCUT2D eigenvalue weighted by molar-refractivity contribution is 5.52. The van der Waals surface area contributed by atoms with Crippen LogP contribution in [-0.2, 0) is 4.74 Å². The van der Waals surface area contributed by atoms with Crippen LogP contribution in [-0.4, -0.2) is 25.8 Å². The molecule has 0 saturated carbocycles. The molecule has 1 heterocycles. The molecule has 1 atom stereocenters. The fourth-order valence-corrected chi connectivity index (χ4v) is 1.78. The Bertz CT molecular complexity index is 503. The summed E-state index contributed by atoms with van der Waals surface area (Å²) < 4.78 is 18.5. The van der Waals surface area contributed by atoms with E-state index in [9.17, 15) is 4.39 Å². The molecule has 1 aromatic rings. The Morgan fingerprint density at radius 3 is 2.88 bits per heavy atom. The van der Waals surface area contributed by atoms with Crippen molar-refractivity contribution < 1.29 is 9.13 Å². The second kappa shape index (κ2) is 4.82. The molecule has 1 aliphatic rings. The Labute approximate surface area is 98.4 Å². The number of benzene rings is 1. The van der Waals surface area contributed by atoms with E-state index < -0.39 is 11.9 Å². The molecule has 0 bridgehead atoms. The standard InChI is InChI=1S/C12H10FN3O/c13-10-3-9(6-14)4-11(5-10)16-1-2-17-12(7-15)8-16/h3-5,12H,1-2,8H2. The lowest BCUT2D eigenvalue weighted by Gasteiger charge is -2.31. The van der Waals surface area contributed by atoms with E-state index in [1.54, 1.807) is 6.07 Å². The molecule has 0 N–H and O–H groups in total. The van der Waals surface area contributed by atoms with Gasteiger partial charge < -0.3 is 9.64 Å². The molecule has 1 unspecified atom stereocenters. The molecular weight excluding hydrogens is 221 g/mol. The molecule has 4 nitrogen and oxygen atoms in total. The van der Waals surface area contributed by atoms with Gasteiger partial charge in [0.15, 0.2) is 6.10 Å². The Morgan fingerprint density at radius 1 is 1.35 bits per heavy atom. The molecule has 0 radical (unpaired) electrons. The Hall–Kier alpha value is -2.11. The molecular formula is C12H10FN3O. The second-order valence-corrected chi connectivity index (χ2v) is 3.74. The average molecular weight is 231 g/mol. The van der Waals surface area contributed by atoms with E-state index in [0.29, 0.717) is 25.4 Å². The minimum atomic E-state index is -0.502. The third kappa shape index (κ3) is 2.52. The highest BCUT2D eigenvalue weighted by atomic mass is 19.1. The van der Waals surface area contributed by atoms with Gasteiger partial charge in [-0.15, -0.1) is 0 Å². The van der Waals surface area contributed by atoms with Crippen LogP contribution in [0.4, 0.5) is 10.1 Å². The van der Waals surface area contributed by atoms with Crippen LogP contribution in [0.2, 0.25) is 0 Å². The van der Waals surface area contributed by atoms with Gasteiger partial charge in [-0.05, 0) is 18.2 Å². The zero-order chi connectivity index (χ0) is 12.3. The van der Waals surface area contributed by atoms with Crippen molar-refractivity contribution in [2.24, 2.45) is 0 Å². The Balaban J connectivity index is 2.25. The van der Waals surface area contributed by atoms with Crippen molar-refractivity contribution in [1.82, 2.24) is 0 Å². The van der Waals surface area contributed by atoms with Crippen LogP contribution < -0.4 is 4.90 Å². The monoisotopic (exact) mass is 231 g/mol. The minimum Gasteiger partial charge on any atom is -0.365 e. The molecule has 5 heteroatoms. The smallest absolute Gasteiger partial charge is 0.161 e. The van der Waals surface area contributed by atoms with Gasteiger partial charge in [-0.25, -0.2) is 4.39 Å². The summed E-state index contributed by atoms with van der Waals surface area (Å²) in [5.41, 5.74) is 0.894. The van der Waals surface area contributed by atoms with Crippen LogP contribution >= 0.6 is 0 Å². The summed E-state index contributed by atoms with van der Waals surface area (Å²) in [5.74, 6) is -0.445. The number of hydrogen-bond donors (Lipinski definition) is 0. The van der Waals surface area contributed by atoms with Crippen molar-refractivity contribution in [3.05, 3.63) is 29.6 Å². The third-order valence-electron chi connectivity index (χ3n) is 2.59. The Kier molecular flexibility index (Phi) is 3.22. The van der Waals surface area contributed by atoms with Crippen molar-refractivity contribution >= 4 is 5.69 Å². The molecule has 2 rings (SSSR count). The number of nitriles is 2. The number of hydrogen-bond acceptors (Lipinski definition) is 4. The van der Waals surface area contributed by atoms with E-state index in [0.717, 1.165) is 0 Å². The highest BCUT2D eigenvalue weighted by Gasteiger charge is 2.20. The van der Waals surface area contributed by atoms with Crippen LogP contribution in [0.15, 0.2) is 18.2 Å². The first kappa shape index (κ1) is 11.4. The maximum Gasteiger partial charge on any atom is 0.161 e. The largest absolute Gasteiger partial charge is 0.365 e. The molecule has 0 amide bonds. The van der Waals surface area contributed by atoms with Crippen molar-refractivity contribution in [2.45, 2.75) is 6.10 Å². The minimum absolute atomic E-state index is 0.278. The SMILES string of the molecule is N#Cc1cc(F)cc(N2CCOC(C#N)C2)c1. The van der Waals surface area contributed by atoms with Gasteiger partial charge in [-0.1, -0.05) is 0 Å². The quantitative estimate of drug-likeness (QED) is 0.733. The van der Waals surface area contributed by atoms with Gasteiger partial charge in [0, 0.05) is 12.2 Å². The van der Waals surface area contributed by atoms with Gasteiger partial charge in [0.05, 0.1) is 30.9 Å². The predicted molar refractivity (Wildman–Crippen MR) is 58.7 cm³/mol. The third-order valence-corrected chi connectivity index (χ3v) is 2.59. The van der Waals surface area contributed by atoms with Gasteiger partial charge in [-0.2, -0.15) is 10.5 Å². The fraction of sp³-hybridized carbons (Fsp3) is 0.333. The summed E-state index contributed by atoms with van der Waals surface area (Å²) in [6, 6.07) is 8.10. The summed E-state index contributed by atoms with van der Waals surface area (Å²) in [4.78, 5) is 1.85. The number of anilines is 1. The second-order valence-electron chi connectivity index (χ2n) is 3.74. The topological polar surface area (TPSA) is 60.1 Å². The van der Waals surface area contributed by atoms with Gasteiger partial charge in [-0.3, -0.25) is 0 Å². The zero-order valence-electron chi connectivity index (χ0n) is 9.06. The highest BCUT2D eigenvalue weighted by Crippen LogP contribution is 2.20. The van der Waals surface area contributed by atoms with E-state index in [2.05, 4.69) is 0 Å². The summed E-state index contributed by atoms with van der Waals surface area (Å²) in [6.07, 6.45) is -0.502. The number of halogens is 1. The van der Waals surface area contributed by atoms with Crippen molar-refractivity contribution in [3.63, 3.8) is 0 Å². The number of rotatable bonds is 1. The van der Waals surface area contributed by atoms with Crippen LogP contribution in [0.25, 0.3) is 0 Å². The van der Waals surface area contributed by atoms with Gasteiger partial charge in [0.25, 0.3) is 0 Å². The van der Waals surface area contributed by atoms with Crippen molar-refractivity contribution in [2.75, 3.05) is 24.6 Å². The summed E-state index contributed by atoms with van der Waals surface area (Å²) in [5, 5.41) is 17.6. The van der Waals surface area contributed by atoms with E-state index in [1.165, 1.54) is 12.1 Å². The fourth-order valence-electron chi connectivity index (χ4n) is 1.78. The van der Waals surface area contributed by atoms with Crippen LogP contribution in [0.3, 0.4) is 0 Å². The number of ether oxygens (including phenoxy) is 1. The number of morpholine rings is 1. The zero-order valence-corrected chi connectivity index (χ0v) is 9.06. The molecule has 1 fully saturated rings. The van der Waals surface area contributed by atoms with Crippen LogP contribution in [0, 0.1) is 28.5 Å². The van der Waals surface area contributed by atoms with E-state index in [4.69, 9.17) is 15.3 Å². The predicted octanol–water partition coefficient (Wildman–Crippen LogP) is 1.43. The normalized spacial score (nSPS) is 19.5. The lowest BCUT2D eigenvalue weighted by Crippen LogP contribution is -2.41. The molecule has 0 spiro atoms. The molecule has 0 aliphatic carbocycles. The first-order valence-electron chi connectivity index (χ1n) is 5.20. The molecule has 1 saturated heterocycles. The summed E-state index contributed by atoms with van der Waals surface area (Å²) >= 11 is 0. The van der Waals surface area contributed by atoms with Crippen LogP contribution in [0.1, 0.15) is 5.56 Å². The van der Waals surface area contributed by atoms with Crippen molar-refractivity contribution in [3.8, 4) is 12.1 Å². The number of nitrogens with zero attached hydrogens (tertiary/aromatic N) is 3. The first-order chi connectivity index (χ1) is 8.22. The summed E-state index contributed by atoms with van der Waals surface area (Å²) in [7, 11) is 0. The maximum atomic E-state index is 13.3. The van der Waals surface area contributed by atoms with E-state index in [1.807, 2.05) is 17.0 Å².